The monoisotopic (exact) mass is 437 g/mol. The van der Waals surface area contributed by atoms with Crippen molar-refractivity contribution in [1.29, 1.82) is 0 Å². The molecule has 0 aliphatic carbocycles. The predicted octanol–water partition coefficient (Wildman–Crippen LogP) is 5.90. The van der Waals surface area contributed by atoms with Crippen molar-refractivity contribution in [2.75, 3.05) is 27.4 Å². The van der Waals surface area contributed by atoms with Gasteiger partial charge in [0.15, 0.2) is 11.5 Å². The number of methoxy groups -OCH3 is 2. The van der Waals surface area contributed by atoms with Crippen molar-refractivity contribution in [1.82, 2.24) is 4.90 Å². The van der Waals surface area contributed by atoms with E-state index in [2.05, 4.69) is 41.3 Å². The van der Waals surface area contributed by atoms with Crippen LogP contribution in [0.3, 0.4) is 0 Å². The van der Waals surface area contributed by atoms with Gasteiger partial charge in [0.1, 0.15) is 5.75 Å². The zero-order valence-electron chi connectivity index (χ0n) is 18.2. The SMILES string of the molecule is CCOc1ccc(CN2CCc3cc(OC)c(OC)cc3[C@H]2c2cccc(Cl)c2)cc1. The Balaban J connectivity index is 1.73. The zero-order chi connectivity index (χ0) is 21.8. The standard InChI is InChI=1S/C26H28ClNO3/c1-4-31-22-10-8-18(9-11-22)17-28-13-12-19-15-24(29-2)25(30-3)16-23(19)26(28)20-6-5-7-21(27)14-20/h5-11,14-16,26H,4,12-13,17H2,1-3H3/t26-/m1/s1. The summed E-state index contributed by atoms with van der Waals surface area (Å²) in [5, 5.41) is 0.742. The maximum atomic E-state index is 6.38. The van der Waals surface area contributed by atoms with E-state index in [-0.39, 0.29) is 6.04 Å². The lowest BCUT2D eigenvalue weighted by molar-refractivity contribution is 0.203. The van der Waals surface area contributed by atoms with Gasteiger partial charge < -0.3 is 14.2 Å². The number of nitrogens with zero attached hydrogens (tertiary/aromatic N) is 1. The van der Waals surface area contributed by atoms with Gasteiger partial charge in [0.25, 0.3) is 0 Å². The Bertz CT molecular complexity index is 1040. The summed E-state index contributed by atoms with van der Waals surface area (Å²) in [5.74, 6) is 2.42. The van der Waals surface area contributed by atoms with E-state index in [4.69, 9.17) is 25.8 Å². The van der Waals surface area contributed by atoms with Gasteiger partial charge in [0, 0.05) is 18.1 Å². The summed E-state index contributed by atoms with van der Waals surface area (Å²) in [6, 6.07) is 20.8. The third-order valence-electron chi connectivity index (χ3n) is 5.76. The lowest BCUT2D eigenvalue weighted by Crippen LogP contribution is -2.35. The third-order valence-corrected chi connectivity index (χ3v) is 5.99. The minimum absolute atomic E-state index is 0.0776. The molecule has 5 heteroatoms. The maximum absolute atomic E-state index is 6.38. The maximum Gasteiger partial charge on any atom is 0.161 e. The molecule has 162 valence electrons. The van der Waals surface area contributed by atoms with Crippen LogP contribution >= 0.6 is 11.6 Å². The van der Waals surface area contributed by atoms with Crippen LogP contribution in [0.25, 0.3) is 0 Å². The Morgan fingerprint density at radius 2 is 1.71 bits per heavy atom. The summed E-state index contributed by atoms with van der Waals surface area (Å²) in [4.78, 5) is 2.50. The van der Waals surface area contributed by atoms with Gasteiger partial charge in [0.05, 0.1) is 26.9 Å². The van der Waals surface area contributed by atoms with Crippen LogP contribution in [0.5, 0.6) is 17.2 Å². The molecule has 1 aliphatic rings. The average molecular weight is 438 g/mol. The number of rotatable bonds is 7. The van der Waals surface area contributed by atoms with Gasteiger partial charge in [-0.3, -0.25) is 4.90 Å². The van der Waals surface area contributed by atoms with Crippen molar-refractivity contribution in [3.8, 4) is 17.2 Å². The van der Waals surface area contributed by atoms with Crippen molar-refractivity contribution in [2.45, 2.75) is 25.9 Å². The molecule has 4 nitrogen and oxygen atoms in total. The molecule has 0 amide bonds. The highest BCUT2D eigenvalue weighted by Gasteiger charge is 2.30. The van der Waals surface area contributed by atoms with Gasteiger partial charge in [-0.15, -0.1) is 0 Å². The van der Waals surface area contributed by atoms with E-state index in [9.17, 15) is 0 Å². The van der Waals surface area contributed by atoms with Gasteiger partial charge in [-0.25, -0.2) is 0 Å². The van der Waals surface area contributed by atoms with Gasteiger partial charge >= 0.3 is 0 Å². The van der Waals surface area contributed by atoms with E-state index in [1.54, 1.807) is 14.2 Å². The van der Waals surface area contributed by atoms with E-state index < -0.39 is 0 Å². The number of benzene rings is 3. The Morgan fingerprint density at radius 3 is 2.39 bits per heavy atom. The molecule has 1 aliphatic heterocycles. The zero-order valence-corrected chi connectivity index (χ0v) is 19.0. The molecule has 0 radical (unpaired) electrons. The van der Waals surface area contributed by atoms with Crippen molar-refractivity contribution in [3.05, 3.63) is 87.9 Å². The second-order valence-electron chi connectivity index (χ2n) is 7.66. The minimum atomic E-state index is 0.0776. The van der Waals surface area contributed by atoms with E-state index in [1.165, 1.54) is 22.3 Å². The van der Waals surface area contributed by atoms with Crippen molar-refractivity contribution >= 4 is 11.6 Å². The predicted molar refractivity (Wildman–Crippen MR) is 125 cm³/mol. The Kier molecular flexibility index (Phi) is 6.69. The molecule has 4 rings (SSSR count). The summed E-state index contributed by atoms with van der Waals surface area (Å²) in [5.41, 5.74) is 4.94. The third kappa shape index (κ3) is 4.65. The summed E-state index contributed by atoms with van der Waals surface area (Å²) in [7, 11) is 3.36. The molecule has 0 bridgehead atoms. The van der Waals surface area contributed by atoms with Crippen LogP contribution in [0.2, 0.25) is 5.02 Å². The number of halogens is 1. The first-order valence-corrected chi connectivity index (χ1v) is 11.0. The fraction of sp³-hybridized carbons (Fsp3) is 0.308. The van der Waals surface area contributed by atoms with Gasteiger partial charge in [0.2, 0.25) is 0 Å². The molecule has 1 atom stereocenters. The topological polar surface area (TPSA) is 30.9 Å². The minimum Gasteiger partial charge on any atom is -0.494 e. The highest BCUT2D eigenvalue weighted by Crippen LogP contribution is 2.42. The van der Waals surface area contributed by atoms with E-state index in [0.717, 1.165) is 41.8 Å². The largest absolute Gasteiger partial charge is 0.494 e. The molecule has 3 aromatic rings. The second-order valence-corrected chi connectivity index (χ2v) is 8.10. The first kappa shape index (κ1) is 21.5. The van der Waals surface area contributed by atoms with Crippen molar-refractivity contribution in [2.24, 2.45) is 0 Å². The quantitative estimate of drug-likeness (QED) is 0.460. The molecule has 1 heterocycles. The van der Waals surface area contributed by atoms with Crippen LogP contribution in [-0.2, 0) is 13.0 Å². The highest BCUT2D eigenvalue weighted by molar-refractivity contribution is 6.30. The summed E-state index contributed by atoms with van der Waals surface area (Å²) < 4.78 is 16.8. The normalized spacial score (nSPS) is 15.9. The first-order valence-electron chi connectivity index (χ1n) is 10.6. The fourth-order valence-electron chi connectivity index (χ4n) is 4.33. The fourth-order valence-corrected chi connectivity index (χ4v) is 4.53. The average Bonchev–Trinajstić information content (AvgIpc) is 2.79. The van der Waals surface area contributed by atoms with Crippen molar-refractivity contribution in [3.63, 3.8) is 0 Å². The van der Waals surface area contributed by atoms with Gasteiger partial charge in [-0.1, -0.05) is 35.9 Å². The molecular formula is C26H28ClNO3. The molecule has 0 aromatic heterocycles. The van der Waals surface area contributed by atoms with Gasteiger partial charge in [-0.2, -0.15) is 0 Å². The summed E-state index contributed by atoms with van der Waals surface area (Å²) in [6.45, 7) is 4.44. The van der Waals surface area contributed by atoms with E-state index in [0.29, 0.717) is 6.61 Å². The number of ether oxygens (including phenoxy) is 3. The second kappa shape index (κ2) is 9.63. The molecule has 0 fully saturated rings. The van der Waals surface area contributed by atoms with Crippen LogP contribution in [0.15, 0.2) is 60.7 Å². The first-order chi connectivity index (χ1) is 15.1. The highest BCUT2D eigenvalue weighted by atomic mass is 35.5. The van der Waals surface area contributed by atoms with Crippen LogP contribution < -0.4 is 14.2 Å². The molecule has 0 unspecified atom stereocenters. The molecule has 0 spiro atoms. The van der Waals surface area contributed by atoms with Crippen molar-refractivity contribution < 1.29 is 14.2 Å². The summed E-state index contributed by atoms with van der Waals surface area (Å²) >= 11 is 6.38. The van der Waals surface area contributed by atoms with Crippen LogP contribution in [-0.4, -0.2) is 32.3 Å². The van der Waals surface area contributed by atoms with E-state index >= 15 is 0 Å². The van der Waals surface area contributed by atoms with E-state index in [1.807, 2.05) is 31.2 Å². The Hall–Kier alpha value is -2.69. The molecule has 3 aromatic carbocycles. The molecule has 0 saturated heterocycles. The molecule has 0 saturated carbocycles. The molecule has 31 heavy (non-hydrogen) atoms. The Labute approximate surface area is 189 Å². The van der Waals surface area contributed by atoms with Crippen LogP contribution in [0.4, 0.5) is 0 Å². The molecular weight excluding hydrogens is 410 g/mol. The van der Waals surface area contributed by atoms with Crippen LogP contribution in [0, 0.1) is 0 Å². The number of hydrogen-bond acceptors (Lipinski definition) is 4. The summed E-state index contributed by atoms with van der Waals surface area (Å²) in [6.07, 6.45) is 0.948. The Morgan fingerprint density at radius 1 is 0.968 bits per heavy atom. The molecule has 0 N–H and O–H groups in total. The van der Waals surface area contributed by atoms with Gasteiger partial charge in [-0.05, 0) is 72.0 Å². The lowest BCUT2D eigenvalue weighted by atomic mass is 9.87. The number of hydrogen-bond donors (Lipinski definition) is 0. The lowest BCUT2D eigenvalue weighted by Gasteiger charge is -2.38. The smallest absolute Gasteiger partial charge is 0.161 e. The van der Waals surface area contributed by atoms with Crippen LogP contribution in [0.1, 0.15) is 35.2 Å². The number of fused-ring (bicyclic) bond motifs is 1.